The van der Waals surface area contributed by atoms with Crippen LogP contribution in [-0.2, 0) is 10.3 Å². The van der Waals surface area contributed by atoms with E-state index in [-0.39, 0.29) is 55.5 Å². The van der Waals surface area contributed by atoms with Crippen LogP contribution in [0.2, 0.25) is 10.0 Å². The van der Waals surface area contributed by atoms with Gasteiger partial charge in [0.05, 0.1) is 27.0 Å². The molecule has 6 N–H and O–H groups in total. The molecule has 2 heterocycles. The zero-order valence-electron chi connectivity index (χ0n) is 14.5. The molecule has 7 nitrogen and oxygen atoms in total. The summed E-state index contributed by atoms with van der Waals surface area (Å²) < 4.78 is 11.8. The van der Waals surface area contributed by atoms with Crippen molar-refractivity contribution in [2.24, 2.45) is 0 Å². The van der Waals surface area contributed by atoms with Crippen molar-refractivity contribution < 1.29 is 24.5 Å². The highest BCUT2D eigenvalue weighted by Gasteiger charge is 2.56. The van der Waals surface area contributed by atoms with Gasteiger partial charge in [-0.2, -0.15) is 0 Å². The summed E-state index contributed by atoms with van der Waals surface area (Å²) in [6.45, 7) is 0. The minimum atomic E-state index is -1.56. The van der Waals surface area contributed by atoms with Crippen molar-refractivity contribution in [2.75, 3.05) is 11.5 Å². The van der Waals surface area contributed by atoms with Gasteiger partial charge in [-0.1, -0.05) is 23.2 Å². The Bertz CT molecular complexity index is 1210. The number of carbonyl (C=O) groups excluding carboxylic acids is 1. The zero-order chi connectivity index (χ0) is 20.7. The molecule has 2 aliphatic rings. The second-order valence-electron chi connectivity index (χ2n) is 6.74. The molecule has 0 atom stereocenters. The minimum absolute atomic E-state index is 0.00672. The molecule has 3 aromatic carbocycles. The Hall–Kier alpha value is -3.29. The van der Waals surface area contributed by atoms with Crippen LogP contribution in [-0.4, -0.2) is 16.2 Å². The van der Waals surface area contributed by atoms with Crippen LogP contribution in [0.15, 0.2) is 36.4 Å². The number of anilines is 2. The fourth-order valence-corrected chi connectivity index (χ4v) is 4.45. The molecule has 0 aromatic heterocycles. The highest BCUT2D eigenvalue weighted by molar-refractivity contribution is 6.45. The van der Waals surface area contributed by atoms with Crippen molar-refractivity contribution >= 4 is 40.5 Å². The monoisotopic (exact) mass is 430 g/mol. The van der Waals surface area contributed by atoms with Gasteiger partial charge in [-0.25, -0.2) is 4.79 Å². The third kappa shape index (κ3) is 2.11. The average molecular weight is 431 g/mol. The second-order valence-corrected chi connectivity index (χ2v) is 7.49. The number of benzene rings is 3. The lowest BCUT2D eigenvalue weighted by Gasteiger charge is -2.37. The van der Waals surface area contributed by atoms with Crippen molar-refractivity contribution in [3.8, 4) is 23.0 Å². The first-order valence-corrected chi connectivity index (χ1v) is 9.16. The molecule has 3 aromatic rings. The largest absolute Gasteiger partial charge is 0.508 e. The van der Waals surface area contributed by atoms with E-state index in [1.165, 1.54) is 24.3 Å². The van der Waals surface area contributed by atoms with Gasteiger partial charge in [0, 0.05) is 28.8 Å². The van der Waals surface area contributed by atoms with E-state index >= 15 is 0 Å². The number of aromatic hydroxyl groups is 2. The van der Waals surface area contributed by atoms with E-state index in [9.17, 15) is 15.0 Å². The van der Waals surface area contributed by atoms with E-state index in [4.69, 9.17) is 44.1 Å². The van der Waals surface area contributed by atoms with Crippen LogP contribution in [0.25, 0.3) is 0 Å². The maximum Gasteiger partial charge on any atom is 0.342 e. The predicted octanol–water partition coefficient (Wildman–Crippen LogP) is 4.14. The molecule has 0 amide bonds. The van der Waals surface area contributed by atoms with Crippen LogP contribution in [0.1, 0.15) is 27.0 Å². The zero-order valence-corrected chi connectivity index (χ0v) is 16.0. The lowest BCUT2D eigenvalue weighted by molar-refractivity contribution is 0.0225. The summed E-state index contributed by atoms with van der Waals surface area (Å²) in [7, 11) is 0. The van der Waals surface area contributed by atoms with Crippen LogP contribution in [0.3, 0.4) is 0 Å². The fourth-order valence-electron chi connectivity index (χ4n) is 3.92. The SMILES string of the molecule is Nc1c(N)c2c(c(Cl)c1Cl)C1(OC2=O)c2ccc(O)cc2Oc2cc(O)ccc21. The smallest absolute Gasteiger partial charge is 0.342 e. The summed E-state index contributed by atoms with van der Waals surface area (Å²) >= 11 is 12.9. The Balaban J connectivity index is 1.98. The molecule has 5 rings (SSSR count). The van der Waals surface area contributed by atoms with Crippen LogP contribution < -0.4 is 16.2 Å². The number of phenolic OH excluding ortho intramolecular Hbond substituents is 2. The van der Waals surface area contributed by atoms with E-state index in [0.29, 0.717) is 11.1 Å². The molecule has 29 heavy (non-hydrogen) atoms. The number of nitrogen functional groups attached to an aromatic ring is 2. The van der Waals surface area contributed by atoms with Gasteiger partial charge >= 0.3 is 5.97 Å². The summed E-state index contributed by atoms with van der Waals surface area (Å²) in [5, 5.41) is 19.9. The number of rotatable bonds is 0. The highest BCUT2D eigenvalue weighted by atomic mass is 35.5. The molecule has 0 unspecified atom stereocenters. The number of phenols is 2. The normalized spacial score (nSPS) is 15.3. The lowest BCUT2D eigenvalue weighted by Crippen LogP contribution is -2.33. The maximum absolute atomic E-state index is 12.9. The van der Waals surface area contributed by atoms with Crippen LogP contribution in [0.4, 0.5) is 11.4 Å². The molecule has 0 saturated carbocycles. The predicted molar refractivity (Wildman–Crippen MR) is 107 cm³/mol. The lowest BCUT2D eigenvalue weighted by atomic mass is 9.77. The molecule has 9 heteroatoms. The summed E-state index contributed by atoms with van der Waals surface area (Å²) in [6.07, 6.45) is 0. The molecule has 146 valence electrons. The molecule has 0 aliphatic carbocycles. The van der Waals surface area contributed by atoms with Gasteiger partial charge in [-0.05, 0) is 24.3 Å². The number of esters is 1. The number of carbonyl (C=O) groups is 1. The van der Waals surface area contributed by atoms with Gasteiger partial charge in [0.2, 0.25) is 0 Å². The fraction of sp³-hybridized carbons (Fsp3) is 0.0500. The third-order valence-electron chi connectivity index (χ3n) is 5.17. The summed E-state index contributed by atoms with van der Waals surface area (Å²) in [5.74, 6) is -0.429. The van der Waals surface area contributed by atoms with Crippen molar-refractivity contribution in [3.63, 3.8) is 0 Å². The second kappa shape index (κ2) is 5.62. The van der Waals surface area contributed by atoms with Gasteiger partial charge in [-0.15, -0.1) is 0 Å². The molecule has 0 fully saturated rings. The van der Waals surface area contributed by atoms with Gasteiger partial charge in [0.15, 0.2) is 5.60 Å². The number of hydrogen-bond donors (Lipinski definition) is 4. The van der Waals surface area contributed by atoms with E-state index in [1.54, 1.807) is 12.1 Å². The molecular formula is C20H12Cl2N2O5. The Kier molecular flexibility index (Phi) is 3.45. The number of nitrogens with two attached hydrogens (primary N) is 2. The van der Waals surface area contributed by atoms with Gasteiger partial charge in [0.25, 0.3) is 0 Å². The van der Waals surface area contributed by atoms with Gasteiger partial charge in [-0.3, -0.25) is 0 Å². The quantitative estimate of drug-likeness (QED) is 0.311. The van der Waals surface area contributed by atoms with Gasteiger partial charge in [0.1, 0.15) is 23.0 Å². The number of hydrogen-bond acceptors (Lipinski definition) is 7. The van der Waals surface area contributed by atoms with Crippen molar-refractivity contribution in [3.05, 3.63) is 68.7 Å². The highest BCUT2D eigenvalue weighted by Crippen LogP contribution is 2.60. The van der Waals surface area contributed by atoms with Gasteiger partial charge < -0.3 is 31.2 Å². The Morgan fingerprint density at radius 1 is 0.862 bits per heavy atom. The van der Waals surface area contributed by atoms with Crippen LogP contribution >= 0.6 is 23.2 Å². The Labute approximate surface area is 174 Å². The van der Waals surface area contributed by atoms with E-state index in [2.05, 4.69) is 0 Å². The van der Waals surface area contributed by atoms with E-state index < -0.39 is 11.6 Å². The summed E-state index contributed by atoms with van der Waals surface area (Å²) in [4.78, 5) is 12.9. The minimum Gasteiger partial charge on any atom is -0.508 e. The summed E-state index contributed by atoms with van der Waals surface area (Å²) in [6, 6.07) is 8.70. The molecule has 2 aliphatic heterocycles. The Morgan fingerprint density at radius 2 is 1.41 bits per heavy atom. The van der Waals surface area contributed by atoms with Crippen molar-refractivity contribution in [2.45, 2.75) is 5.60 Å². The van der Waals surface area contributed by atoms with E-state index in [0.717, 1.165) is 0 Å². The van der Waals surface area contributed by atoms with E-state index in [1.807, 2.05) is 0 Å². The standard InChI is InChI=1S/C20H12Cl2N2O5/c21-15-14-13(17(23)18(24)16(15)22)19(27)29-20(14)9-3-1-7(25)5-11(9)28-12-6-8(26)2-4-10(12)20/h1-6,25-26H,23-24H2. The third-order valence-corrected chi connectivity index (χ3v) is 6.04. The number of halogens is 2. The molecular weight excluding hydrogens is 419 g/mol. The molecule has 0 bridgehead atoms. The summed E-state index contributed by atoms with van der Waals surface area (Å²) in [5.41, 5.74) is 11.4. The Morgan fingerprint density at radius 3 is 1.97 bits per heavy atom. The first-order valence-electron chi connectivity index (χ1n) is 8.40. The van der Waals surface area contributed by atoms with Crippen LogP contribution in [0.5, 0.6) is 23.0 Å². The first kappa shape index (κ1) is 17.8. The van der Waals surface area contributed by atoms with Crippen LogP contribution in [0, 0.1) is 0 Å². The topological polar surface area (TPSA) is 128 Å². The average Bonchev–Trinajstić information content (AvgIpc) is 2.97. The number of fused-ring (bicyclic) bond motifs is 6. The number of ether oxygens (including phenoxy) is 2. The first-order chi connectivity index (χ1) is 13.8. The molecule has 0 radical (unpaired) electrons. The van der Waals surface area contributed by atoms with Crippen molar-refractivity contribution in [1.29, 1.82) is 0 Å². The maximum atomic E-state index is 12.9. The molecule has 1 spiro atoms. The molecule has 0 saturated heterocycles. The van der Waals surface area contributed by atoms with Crippen molar-refractivity contribution in [1.82, 2.24) is 0 Å².